The number of H-pyrrole nitrogens is 1. The normalized spacial score (nSPS) is 19.9. The van der Waals surface area contributed by atoms with E-state index in [1.54, 1.807) is 18.4 Å². The fourth-order valence-electron chi connectivity index (χ4n) is 2.62. The SMILES string of the molecule is CCNC(=NCCc1nc(-c2ccco2)n[nH]1)NC1CCS(=O)(=O)C1. The second-order valence-corrected chi connectivity index (χ2v) is 8.07. The molecule has 1 saturated heterocycles. The first-order chi connectivity index (χ1) is 12.1. The van der Waals surface area contributed by atoms with Crippen LogP contribution in [-0.2, 0) is 16.3 Å². The fraction of sp³-hybridized carbons (Fsp3) is 0.533. The molecule has 9 nitrogen and oxygen atoms in total. The lowest BCUT2D eigenvalue weighted by Crippen LogP contribution is -2.44. The van der Waals surface area contributed by atoms with Gasteiger partial charge in [0, 0.05) is 25.6 Å². The van der Waals surface area contributed by atoms with Gasteiger partial charge in [0.1, 0.15) is 5.82 Å². The van der Waals surface area contributed by atoms with E-state index in [0.717, 1.165) is 5.82 Å². The van der Waals surface area contributed by atoms with Crippen LogP contribution in [0.25, 0.3) is 11.6 Å². The number of aromatic amines is 1. The Labute approximate surface area is 146 Å². The smallest absolute Gasteiger partial charge is 0.216 e. The highest BCUT2D eigenvalue weighted by Gasteiger charge is 2.28. The van der Waals surface area contributed by atoms with E-state index < -0.39 is 9.84 Å². The van der Waals surface area contributed by atoms with Crippen LogP contribution in [-0.4, -0.2) is 60.2 Å². The van der Waals surface area contributed by atoms with Gasteiger partial charge in [-0.15, -0.1) is 0 Å². The van der Waals surface area contributed by atoms with Crippen molar-refractivity contribution in [1.29, 1.82) is 0 Å². The number of nitrogens with one attached hydrogen (secondary N) is 3. The molecule has 1 fully saturated rings. The number of nitrogens with zero attached hydrogens (tertiary/aromatic N) is 3. The maximum Gasteiger partial charge on any atom is 0.216 e. The summed E-state index contributed by atoms with van der Waals surface area (Å²) in [5, 5.41) is 13.3. The van der Waals surface area contributed by atoms with Gasteiger partial charge in [-0.1, -0.05) is 0 Å². The van der Waals surface area contributed by atoms with Gasteiger partial charge in [0.05, 0.1) is 17.8 Å². The predicted octanol–water partition coefficient (Wildman–Crippen LogP) is 0.349. The molecule has 3 N–H and O–H groups in total. The molecule has 0 bridgehead atoms. The van der Waals surface area contributed by atoms with E-state index in [4.69, 9.17) is 4.42 Å². The van der Waals surface area contributed by atoms with E-state index in [0.29, 0.717) is 43.5 Å². The van der Waals surface area contributed by atoms with Crippen molar-refractivity contribution < 1.29 is 12.8 Å². The maximum atomic E-state index is 11.6. The van der Waals surface area contributed by atoms with Gasteiger partial charge in [0.15, 0.2) is 21.6 Å². The summed E-state index contributed by atoms with van der Waals surface area (Å²) >= 11 is 0. The molecule has 2 aromatic rings. The van der Waals surface area contributed by atoms with Crippen molar-refractivity contribution in [3.63, 3.8) is 0 Å². The Morgan fingerprint density at radius 2 is 2.40 bits per heavy atom. The Hall–Kier alpha value is -2.36. The molecule has 1 atom stereocenters. The highest BCUT2D eigenvalue weighted by Crippen LogP contribution is 2.14. The second-order valence-electron chi connectivity index (χ2n) is 5.84. The lowest BCUT2D eigenvalue weighted by Gasteiger charge is -2.15. The molecule has 0 amide bonds. The van der Waals surface area contributed by atoms with Gasteiger partial charge >= 0.3 is 0 Å². The average Bonchev–Trinajstić information content (AvgIpc) is 3.28. The average molecular weight is 366 g/mol. The first-order valence-corrected chi connectivity index (χ1v) is 10.1. The van der Waals surface area contributed by atoms with Gasteiger partial charge in [-0.3, -0.25) is 10.1 Å². The van der Waals surface area contributed by atoms with E-state index >= 15 is 0 Å². The quantitative estimate of drug-likeness (QED) is 0.497. The molecule has 0 aliphatic carbocycles. The zero-order valence-corrected chi connectivity index (χ0v) is 14.8. The Bertz CT molecular complexity index is 812. The van der Waals surface area contributed by atoms with Crippen LogP contribution in [0.4, 0.5) is 0 Å². The number of furan rings is 1. The zero-order valence-electron chi connectivity index (χ0n) is 14.0. The molecular formula is C15H22N6O3S. The zero-order chi connectivity index (χ0) is 17.7. The predicted molar refractivity (Wildman–Crippen MR) is 94.0 cm³/mol. The molecule has 136 valence electrons. The number of aromatic nitrogens is 3. The molecule has 0 saturated carbocycles. The van der Waals surface area contributed by atoms with E-state index in [2.05, 4.69) is 30.8 Å². The molecule has 0 aromatic carbocycles. The Balaban J connectivity index is 1.55. The number of rotatable bonds is 6. The van der Waals surface area contributed by atoms with Crippen LogP contribution in [0, 0.1) is 0 Å². The molecule has 1 aliphatic heterocycles. The van der Waals surface area contributed by atoms with Crippen LogP contribution in [0.2, 0.25) is 0 Å². The summed E-state index contributed by atoms with van der Waals surface area (Å²) in [5.41, 5.74) is 0. The third-order valence-electron chi connectivity index (χ3n) is 3.81. The molecule has 0 radical (unpaired) electrons. The highest BCUT2D eigenvalue weighted by atomic mass is 32.2. The third-order valence-corrected chi connectivity index (χ3v) is 5.58. The number of hydrogen-bond donors (Lipinski definition) is 3. The van der Waals surface area contributed by atoms with Gasteiger partial charge < -0.3 is 15.1 Å². The van der Waals surface area contributed by atoms with Crippen LogP contribution in [0.5, 0.6) is 0 Å². The number of sulfone groups is 1. The summed E-state index contributed by atoms with van der Waals surface area (Å²) in [7, 11) is -2.92. The van der Waals surface area contributed by atoms with Crippen LogP contribution >= 0.6 is 0 Å². The van der Waals surface area contributed by atoms with Crippen LogP contribution in [0.15, 0.2) is 27.8 Å². The molecule has 10 heteroatoms. The third kappa shape index (κ3) is 4.81. The first kappa shape index (κ1) is 17.5. The second kappa shape index (κ2) is 7.68. The molecule has 0 spiro atoms. The lowest BCUT2D eigenvalue weighted by molar-refractivity contribution is 0.577. The molecule has 3 heterocycles. The van der Waals surface area contributed by atoms with Crippen LogP contribution in [0.1, 0.15) is 19.2 Å². The van der Waals surface area contributed by atoms with Gasteiger partial charge in [-0.05, 0) is 25.5 Å². The molecule has 25 heavy (non-hydrogen) atoms. The maximum absolute atomic E-state index is 11.6. The van der Waals surface area contributed by atoms with Crippen molar-refractivity contribution >= 4 is 15.8 Å². The van der Waals surface area contributed by atoms with Crippen LogP contribution < -0.4 is 10.6 Å². The van der Waals surface area contributed by atoms with E-state index in [1.165, 1.54) is 0 Å². The molecule has 1 aliphatic rings. The van der Waals surface area contributed by atoms with Crippen molar-refractivity contribution in [1.82, 2.24) is 25.8 Å². The lowest BCUT2D eigenvalue weighted by atomic mass is 10.3. The summed E-state index contributed by atoms with van der Waals surface area (Å²) in [6, 6.07) is 3.50. The topological polar surface area (TPSA) is 125 Å². The number of aliphatic imine (C=N–C) groups is 1. The van der Waals surface area contributed by atoms with E-state index in [-0.39, 0.29) is 17.5 Å². The van der Waals surface area contributed by atoms with Crippen LogP contribution in [0.3, 0.4) is 0 Å². The molecular weight excluding hydrogens is 344 g/mol. The summed E-state index contributed by atoms with van der Waals surface area (Å²) in [6.45, 7) is 3.17. The number of guanidine groups is 1. The highest BCUT2D eigenvalue weighted by molar-refractivity contribution is 7.91. The largest absolute Gasteiger partial charge is 0.461 e. The first-order valence-electron chi connectivity index (χ1n) is 8.26. The van der Waals surface area contributed by atoms with Gasteiger partial charge in [0.25, 0.3) is 0 Å². The monoisotopic (exact) mass is 366 g/mol. The van der Waals surface area contributed by atoms with Crippen molar-refractivity contribution in [2.24, 2.45) is 4.99 Å². The van der Waals surface area contributed by atoms with Gasteiger partial charge in [-0.2, -0.15) is 5.10 Å². The Kier molecular flexibility index (Phi) is 5.37. The molecule has 2 aromatic heterocycles. The molecule has 3 rings (SSSR count). The fourth-order valence-corrected chi connectivity index (χ4v) is 4.29. The summed E-state index contributed by atoms with van der Waals surface area (Å²) in [6.07, 6.45) is 2.78. The van der Waals surface area contributed by atoms with E-state index in [1.807, 2.05) is 6.92 Å². The Morgan fingerprint density at radius 1 is 1.52 bits per heavy atom. The standard InChI is InChI=1S/C15H22N6O3S/c1-2-16-15(18-11-6-9-25(22,23)10-11)17-7-5-13-19-14(21-20-13)12-4-3-8-24-12/h3-4,8,11H,2,5-7,9-10H2,1H3,(H2,16,17,18)(H,19,20,21). The Morgan fingerprint density at radius 3 is 3.08 bits per heavy atom. The van der Waals surface area contributed by atoms with Crippen molar-refractivity contribution in [3.8, 4) is 11.6 Å². The molecule has 1 unspecified atom stereocenters. The van der Waals surface area contributed by atoms with Crippen molar-refractivity contribution in [2.45, 2.75) is 25.8 Å². The minimum absolute atomic E-state index is 0.0846. The summed E-state index contributed by atoms with van der Waals surface area (Å²) < 4.78 is 28.4. The van der Waals surface area contributed by atoms with Crippen molar-refractivity contribution in [2.75, 3.05) is 24.6 Å². The number of hydrogen-bond acceptors (Lipinski definition) is 6. The van der Waals surface area contributed by atoms with Gasteiger partial charge in [0.2, 0.25) is 5.82 Å². The van der Waals surface area contributed by atoms with Crippen molar-refractivity contribution in [3.05, 3.63) is 24.2 Å². The summed E-state index contributed by atoms with van der Waals surface area (Å²) in [5.74, 6) is 2.86. The van der Waals surface area contributed by atoms with Gasteiger partial charge in [-0.25, -0.2) is 13.4 Å². The minimum atomic E-state index is -2.92. The summed E-state index contributed by atoms with van der Waals surface area (Å²) in [4.78, 5) is 8.85. The minimum Gasteiger partial charge on any atom is -0.461 e. The van der Waals surface area contributed by atoms with E-state index in [9.17, 15) is 8.42 Å².